The minimum absolute atomic E-state index is 0.0853. The van der Waals surface area contributed by atoms with E-state index in [1.54, 1.807) is 11.9 Å². The largest absolute Gasteiger partial charge is 0.354 e. The molecule has 1 aromatic rings. The first-order chi connectivity index (χ1) is 8.36. The minimum Gasteiger partial charge on any atom is -0.354 e. The van der Waals surface area contributed by atoms with E-state index in [0.717, 1.165) is 15.8 Å². The molecule has 1 aromatic carbocycles. The summed E-state index contributed by atoms with van der Waals surface area (Å²) in [5.41, 5.74) is 7.56. The van der Waals surface area contributed by atoms with E-state index < -0.39 is 0 Å². The van der Waals surface area contributed by atoms with Crippen LogP contribution in [0.25, 0.3) is 0 Å². The van der Waals surface area contributed by atoms with Crippen LogP contribution in [-0.2, 0) is 4.79 Å². The third-order valence-electron chi connectivity index (χ3n) is 3.49. The summed E-state index contributed by atoms with van der Waals surface area (Å²) in [4.78, 5) is 15.8. The van der Waals surface area contributed by atoms with Crippen molar-refractivity contribution in [2.45, 2.75) is 19.4 Å². The van der Waals surface area contributed by atoms with Gasteiger partial charge in [-0.1, -0.05) is 15.9 Å². The normalized spacial score (nSPS) is 15.9. The summed E-state index contributed by atoms with van der Waals surface area (Å²) in [6, 6.07) is 5.98. The molecule has 0 spiro atoms. The summed E-state index contributed by atoms with van der Waals surface area (Å²) in [6.07, 6.45) is 0. The number of nitrogens with two attached hydrogens (primary N) is 1. The molecule has 1 heterocycles. The summed E-state index contributed by atoms with van der Waals surface area (Å²) >= 11 is 3.44. The van der Waals surface area contributed by atoms with Crippen LogP contribution in [0, 0.1) is 0 Å². The topological polar surface area (TPSA) is 49.6 Å². The molecule has 1 aliphatic rings. The maximum absolute atomic E-state index is 12.1. The number of halogens is 1. The SMILES string of the molecule is CN1C(=O)CN(C(C)(C)CN)c2ccc(Br)cc21. The Morgan fingerprint density at radius 2 is 2.06 bits per heavy atom. The quantitative estimate of drug-likeness (QED) is 0.908. The Kier molecular flexibility index (Phi) is 3.38. The van der Waals surface area contributed by atoms with E-state index in [9.17, 15) is 4.79 Å². The molecule has 0 unspecified atom stereocenters. The van der Waals surface area contributed by atoms with E-state index in [4.69, 9.17) is 5.73 Å². The fourth-order valence-electron chi connectivity index (χ4n) is 2.10. The van der Waals surface area contributed by atoms with Crippen molar-refractivity contribution in [3.63, 3.8) is 0 Å². The number of carbonyl (C=O) groups excluding carboxylic acids is 1. The first kappa shape index (κ1) is 13.4. The van der Waals surface area contributed by atoms with Gasteiger partial charge in [0.2, 0.25) is 5.91 Å². The maximum atomic E-state index is 12.1. The van der Waals surface area contributed by atoms with Gasteiger partial charge in [0.15, 0.2) is 0 Å². The molecule has 4 nitrogen and oxygen atoms in total. The van der Waals surface area contributed by atoms with Gasteiger partial charge in [0.1, 0.15) is 0 Å². The van der Waals surface area contributed by atoms with Crippen LogP contribution in [0.3, 0.4) is 0 Å². The maximum Gasteiger partial charge on any atom is 0.246 e. The first-order valence-electron chi connectivity index (χ1n) is 5.90. The first-order valence-corrected chi connectivity index (χ1v) is 6.70. The highest BCUT2D eigenvalue weighted by Crippen LogP contribution is 2.38. The van der Waals surface area contributed by atoms with Gasteiger partial charge in [-0.2, -0.15) is 0 Å². The molecule has 2 N–H and O–H groups in total. The molecule has 5 heteroatoms. The van der Waals surface area contributed by atoms with Crippen molar-refractivity contribution in [1.29, 1.82) is 0 Å². The lowest BCUT2D eigenvalue weighted by Gasteiger charge is -2.44. The van der Waals surface area contributed by atoms with Crippen LogP contribution in [0.1, 0.15) is 13.8 Å². The minimum atomic E-state index is -0.237. The van der Waals surface area contributed by atoms with E-state index in [2.05, 4.69) is 34.7 Å². The van der Waals surface area contributed by atoms with E-state index in [0.29, 0.717) is 13.1 Å². The molecule has 2 rings (SSSR count). The number of hydrogen-bond acceptors (Lipinski definition) is 3. The molecule has 1 amide bonds. The number of carbonyl (C=O) groups is 1. The van der Waals surface area contributed by atoms with Gasteiger partial charge in [0, 0.05) is 23.6 Å². The third kappa shape index (κ3) is 2.12. The van der Waals surface area contributed by atoms with Gasteiger partial charge in [-0.05, 0) is 32.0 Å². The number of anilines is 2. The molecule has 0 bridgehead atoms. The van der Waals surface area contributed by atoms with Gasteiger partial charge in [-0.25, -0.2) is 0 Å². The molecule has 0 saturated carbocycles. The van der Waals surface area contributed by atoms with Crippen LogP contribution >= 0.6 is 15.9 Å². The second kappa shape index (κ2) is 4.55. The Morgan fingerprint density at radius 3 is 2.67 bits per heavy atom. The van der Waals surface area contributed by atoms with E-state index >= 15 is 0 Å². The van der Waals surface area contributed by atoms with Crippen molar-refractivity contribution in [3.8, 4) is 0 Å². The van der Waals surface area contributed by atoms with Gasteiger partial charge in [0.25, 0.3) is 0 Å². The molecule has 1 aliphatic heterocycles. The fourth-order valence-corrected chi connectivity index (χ4v) is 2.45. The number of hydrogen-bond donors (Lipinski definition) is 1. The van der Waals surface area contributed by atoms with Gasteiger partial charge in [-0.15, -0.1) is 0 Å². The van der Waals surface area contributed by atoms with Gasteiger partial charge in [-0.3, -0.25) is 4.79 Å². The highest BCUT2D eigenvalue weighted by Gasteiger charge is 2.34. The molecule has 0 radical (unpaired) electrons. The van der Waals surface area contributed by atoms with Crippen LogP contribution in [0.4, 0.5) is 11.4 Å². The Morgan fingerprint density at radius 1 is 1.39 bits per heavy atom. The van der Waals surface area contributed by atoms with Crippen molar-refractivity contribution in [2.24, 2.45) is 5.73 Å². The lowest BCUT2D eigenvalue weighted by molar-refractivity contribution is -0.117. The highest BCUT2D eigenvalue weighted by molar-refractivity contribution is 9.10. The Hall–Kier alpha value is -1.07. The molecule has 0 atom stereocenters. The number of fused-ring (bicyclic) bond motifs is 1. The molecule has 0 saturated heterocycles. The van der Waals surface area contributed by atoms with Gasteiger partial charge in [0.05, 0.1) is 17.9 Å². The second-order valence-electron chi connectivity index (χ2n) is 5.19. The molecule has 18 heavy (non-hydrogen) atoms. The monoisotopic (exact) mass is 311 g/mol. The molecule has 0 aliphatic carbocycles. The molecular formula is C13H18BrN3O. The van der Waals surface area contributed by atoms with Crippen molar-refractivity contribution in [3.05, 3.63) is 22.7 Å². The van der Waals surface area contributed by atoms with E-state index in [1.807, 2.05) is 18.2 Å². The smallest absolute Gasteiger partial charge is 0.246 e. The lowest BCUT2D eigenvalue weighted by Crippen LogP contribution is -2.56. The predicted molar refractivity (Wildman–Crippen MR) is 78.0 cm³/mol. The fraction of sp³-hybridized carbons (Fsp3) is 0.462. The molecule has 0 aromatic heterocycles. The summed E-state index contributed by atoms with van der Waals surface area (Å²) in [5, 5.41) is 0. The van der Waals surface area contributed by atoms with Crippen LogP contribution < -0.4 is 15.5 Å². The number of nitrogens with zero attached hydrogens (tertiary/aromatic N) is 2. The van der Waals surface area contributed by atoms with Crippen LogP contribution in [0.5, 0.6) is 0 Å². The number of rotatable bonds is 2. The zero-order valence-corrected chi connectivity index (χ0v) is 12.5. The van der Waals surface area contributed by atoms with E-state index in [-0.39, 0.29) is 11.4 Å². The van der Waals surface area contributed by atoms with Crippen molar-refractivity contribution < 1.29 is 4.79 Å². The Balaban J connectivity index is 2.55. The Labute approximate surface area is 116 Å². The summed E-state index contributed by atoms with van der Waals surface area (Å²) in [5.74, 6) is 0.0853. The van der Waals surface area contributed by atoms with E-state index in [1.165, 1.54) is 0 Å². The van der Waals surface area contributed by atoms with Crippen LogP contribution in [0.2, 0.25) is 0 Å². The molecular weight excluding hydrogens is 294 g/mol. The average molecular weight is 312 g/mol. The Bertz CT molecular complexity index is 487. The van der Waals surface area contributed by atoms with Crippen LogP contribution in [-0.4, -0.2) is 31.6 Å². The zero-order chi connectivity index (χ0) is 13.5. The highest BCUT2D eigenvalue weighted by atomic mass is 79.9. The zero-order valence-electron chi connectivity index (χ0n) is 10.9. The average Bonchev–Trinajstić information content (AvgIpc) is 2.34. The standard InChI is InChI=1S/C13H18BrN3O/c1-13(2,8-15)17-7-12(18)16(3)11-6-9(14)4-5-10(11)17/h4-6H,7-8,15H2,1-3H3. The van der Waals surface area contributed by atoms with Crippen molar-refractivity contribution in [2.75, 3.05) is 29.9 Å². The lowest BCUT2D eigenvalue weighted by atomic mass is 9.99. The second-order valence-corrected chi connectivity index (χ2v) is 6.10. The van der Waals surface area contributed by atoms with Gasteiger partial charge < -0.3 is 15.5 Å². The predicted octanol–water partition coefficient (Wildman–Crippen LogP) is 1.97. The van der Waals surface area contributed by atoms with Crippen molar-refractivity contribution in [1.82, 2.24) is 0 Å². The molecule has 98 valence electrons. The van der Waals surface area contributed by atoms with Crippen LogP contribution in [0.15, 0.2) is 22.7 Å². The third-order valence-corrected chi connectivity index (χ3v) is 3.98. The summed E-state index contributed by atoms with van der Waals surface area (Å²) in [7, 11) is 1.81. The van der Waals surface area contributed by atoms with Gasteiger partial charge >= 0.3 is 0 Å². The number of amides is 1. The number of benzene rings is 1. The van der Waals surface area contributed by atoms with Crippen molar-refractivity contribution >= 4 is 33.2 Å². The number of likely N-dealkylation sites (N-methyl/N-ethyl adjacent to an activating group) is 1. The summed E-state index contributed by atoms with van der Waals surface area (Å²) < 4.78 is 0.966. The summed E-state index contributed by atoms with van der Waals surface area (Å²) in [6.45, 7) is 4.98. The molecule has 0 fully saturated rings.